The fourth-order valence-electron chi connectivity index (χ4n) is 2.82. The largest absolute Gasteiger partial charge is 0.366 e. The second-order valence-electron chi connectivity index (χ2n) is 6.73. The molecule has 1 aliphatic heterocycles. The van der Waals surface area contributed by atoms with Crippen molar-refractivity contribution in [1.82, 2.24) is 15.3 Å². The van der Waals surface area contributed by atoms with Crippen molar-refractivity contribution in [2.75, 3.05) is 48.0 Å². The maximum absolute atomic E-state index is 12.3. The Balaban J connectivity index is 1.72. The Hall–Kier alpha value is -2.29. The molecule has 4 N–H and O–H groups in total. The van der Waals surface area contributed by atoms with Gasteiger partial charge in [-0.2, -0.15) is 9.97 Å². The van der Waals surface area contributed by atoms with Gasteiger partial charge in [0.05, 0.1) is 10.0 Å². The quantitative estimate of drug-likeness (QED) is 0.586. The van der Waals surface area contributed by atoms with Gasteiger partial charge in [0.25, 0.3) is 0 Å². The first-order valence-corrected chi connectivity index (χ1v) is 9.73. The monoisotopic (exact) mass is 423 g/mol. The molecule has 0 spiro atoms. The van der Waals surface area contributed by atoms with E-state index in [2.05, 4.69) is 31.2 Å². The molecular formula is C18H23Cl2N7O. The normalized spacial score (nSPS) is 16.4. The summed E-state index contributed by atoms with van der Waals surface area (Å²) in [6.45, 7) is 1.91. The molecule has 2 amide bonds. The minimum atomic E-state index is -0.473. The summed E-state index contributed by atoms with van der Waals surface area (Å²) >= 11 is 11.9. The van der Waals surface area contributed by atoms with Crippen molar-refractivity contribution in [3.63, 3.8) is 0 Å². The van der Waals surface area contributed by atoms with Crippen LogP contribution in [0, 0.1) is 0 Å². The number of nitrogens with one attached hydrogen (secondary N) is 4. The Morgan fingerprint density at radius 1 is 1.18 bits per heavy atom. The Bertz CT molecular complexity index is 841. The second kappa shape index (κ2) is 9.27. The van der Waals surface area contributed by atoms with Gasteiger partial charge in [0.15, 0.2) is 0 Å². The van der Waals surface area contributed by atoms with Crippen LogP contribution >= 0.6 is 23.2 Å². The maximum Gasteiger partial charge on any atom is 0.326 e. The van der Waals surface area contributed by atoms with E-state index in [4.69, 9.17) is 23.2 Å². The molecule has 150 valence electrons. The number of hydrogen-bond donors (Lipinski definition) is 4. The Kier molecular flexibility index (Phi) is 6.77. The molecule has 1 aromatic heterocycles. The lowest BCUT2D eigenvalue weighted by Crippen LogP contribution is -2.38. The van der Waals surface area contributed by atoms with Crippen molar-refractivity contribution in [3.05, 3.63) is 34.3 Å². The number of piperidine rings is 1. The zero-order chi connectivity index (χ0) is 20.1. The van der Waals surface area contributed by atoms with Gasteiger partial charge in [-0.15, -0.1) is 0 Å². The predicted octanol–water partition coefficient (Wildman–Crippen LogP) is 3.66. The predicted molar refractivity (Wildman–Crippen MR) is 115 cm³/mol. The van der Waals surface area contributed by atoms with E-state index in [9.17, 15) is 4.79 Å². The van der Waals surface area contributed by atoms with Crippen LogP contribution in [0.2, 0.25) is 10.0 Å². The minimum absolute atomic E-state index is 0.204. The number of nitrogens with zero attached hydrogens (tertiary/aromatic N) is 3. The summed E-state index contributed by atoms with van der Waals surface area (Å²) in [6.07, 6.45) is 2.18. The fraction of sp³-hybridized carbons (Fsp3) is 0.389. The average molecular weight is 424 g/mol. The zero-order valence-electron chi connectivity index (χ0n) is 15.7. The minimum Gasteiger partial charge on any atom is -0.366 e. The van der Waals surface area contributed by atoms with Crippen molar-refractivity contribution >= 4 is 52.5 Å². The molecule has 2 aromatic rings. The summed E-state index contributed by atoms with van der Waals surface area (Å²) in [7, 11) is 3.77. The summed E-state index contributed by atoms with van der Waals surface area (Å²) in [5.41, 5.74) is 0.516. The van der Waals surface area contributed by atoms with E-state index in [0.717, 1.165) is 25.9 Å². The number of anilines is 4. The fourth-order valence-corrected chi connectivity index (χ4v) is 3.11. The van der Waals surface area contributed by atoms with Crippen LogP contribution in [0.1, 0.15) is 12.8 Å². The number of hydrogen-bond acceptors (Lipinski definition) is 6. The van der Waals surface area contributed by atoms with E-state index < -0.39 is 6.03 Å². The van der Waals surface area contributed by atoms with Crippen LogP contribution < -0.4 is 26.2 Å². The van der Waals surface area contributed by atoms with Crippen molar-refractivity contribution in [1.29, 1.82) is 0 Å². The molecule has 3 rings (SSSR count). The maximum atomic E-state index is 12.3. The van der Waals surface area contributed by atoms with Gasteiger partial charge in [-0.05, 0) is 37.6 Å². The van der Waals surface area contributed by atoms with Gasteiger partial charge < -0.3 is 20.9 Å². The molecule has 0 aliphatic carbocycles. The summed E-state index contributed by atoms with van der Waals surface area (Å²) in [6, 6.07) is 6.52. The zero-order valence-corrected chi connectivity index (χ0v) is 17.2. The molecule has 0 saturated carbocycles. The van der Waals surface area contributed by atoms with E-state index in [1.807, 2.05) is 25.1 Å². The number of rotatable bonds is 5. The highest BCUT2D eigenvalue weighted by Crippen LogP contribution is 2.25. The topological polar surface area (TPSA) is 94.2 Å². The standard InChI is InChI=1S/C18H23Cl2N7O/c1-27(2)16-9-15(22-12-4-3-7-21-10-12)24-17(25-16)26-18(28)23-11-5-6-13(19)14(20)8-11/h5-6,8-9,12,21H,3-4,7,10H2,1-2H3,(H3,22,23,24,25,26,28). The summed E-state index contributed by atoms with van der Waals surface area (Å²) < 4.78 is 0. The molecule has 1 fully saturated rings. The summed E-state index contributed by atoms with van der Waals surface area (Å²) in [5.74, 6) is 1.55. The molecule has 8 nitrogen and oxygen atoms in total. The van der Waals surface area contributed by atoms with Gasteiger partial charge in [0.2, 0.25) is 5.95 Å². The average Bonchev–Trinajstić information content (AvgIpc) is 2.65. The Morgan fingerprint density at radius 3 is 2.68 bits per heavy atom. The van der Waals surface area contributed by atoms with Crippen molar-refractivity contribution in [2.45, 2.75) is 18.9 Å². The number of halogens is 2. The SMILES string of the molecule is CN(C)c1cc(NC2CCCNC2)nc(NC(=O)Nc2ccc(Cl)c(Cl)c2)n1. The molecule has 2 heterocycles. The highest BCUT2D eigenvalue weighted by Gasteiger charge is 2.15. The molecule has 1 aromatic carbocycles. The third-order valence-electron chi connectivity index (χ3n) is 4.22. The number of aromatic nitrogens is 2. The first-order valence-electron chi connectivity index (χ1n) is 8.97. The summed E-state index contributed by atoms with van der Waals surface area (Å²) in [4.78, 5) is 23.0. The van der Waals surface area contributed by atoms with E-state index in [1.165, 1.54) is 0 Å². The summed E-state index contributed by atoms with van der Waals surface area (Å²) in [5, 5.41) is 12.9. The van der Waals surface area contributed by atoms with Gasteiger partial charge in [0.1, 0.15) is 11.6 Å². The van der Waals surface area contributed by atoms with E-state index >= 15 is 0 Å². The number of amides is 2. The van der Waals surface area contributed by atoms with E-state index in [-0.39, 0.29) is 12.0 Å². The molecule has 28 heavy (non-hydrogen) atoms. The van der Waals surface area contributed by atoms with Gasteiger partial charge in [0, 0.05) is 38.4 Å². The van der Waals surface area contributed by atoms with Gasteiger partial charge in [-0.25, -0.2) is 4.79 Å². The lowest BCUT2D eigenvalue weighted by molar-refractivity contribution is 0.262. The van der Waals surface area contributed by atoms with Crippen molar-refractivity contribution in [2.24, 2.45) is 0 Å². The van der Waals surface area contributed by atoms with Crippen LogP contribution in [0.25, 0.3) is 0 Å². The second-order valence-corrected chi connectivity index (χ2v) is 7.54. The van der Waals surface area contributed by atoms with Gasteiger partial charge >= 0.3 is 6.03 Å². The molecule has 0 bridgehead atoms. The molecule has 10 heteroatoms. The van der Waals surface area contributed by atoms with Gasteiger partial charge in [-0.3, -0.25) is 5.32 Å². The molecule has 1 atom stereocenters. The van der Waals surface area contributed by atoms with Crippen LogP contribution in [-0.2, 0) is 0 Å². The van der Waals surface area contributed by atoms with Crippen LogP contribution in [0.4, 0.5) is 28.1 Å². The molecule has 1 saturated heterocycles. The third-order valence-corrected chi connectivity index (χ3v) is 4.96. The van der Waals surface area contributed by atoms with Crippen molar-refractivity contribution < 1.29 is 4.79 Å². The molecule has 1 unspecified atom stereocenters. The smallest absolute Gasteiger partial charge is 0.326 e. The lowest BCUT2D eigenvalue weighted by Gasteiger charge is -2.25. The first-order chi connectivity index (χ1) is 13.4. The number of carbonyl (C=O) groups excluding carboxylic acids is 1. The highest BCUT2D eigenvalue weighted by atomic mass is 35.5. The number of benzene rings is 1. The van der Waals surface area contributed by atoms with E-state index in [0.29, 0.717) is 27.4 Å². The third kappa shape index (κ3) is 5.60. The Labute approximate surface area is 174 Å². The molecule has 0 radical (unpaired) electrons. The van der Waals surface area contributed by atoms with Gasteiger partial charge in [-0.1, -0.05) is 23.2 Å². The Morgan fingerprint density at radius 2 is 2.00 bits per heavy atom. The van der Waals surface area contributed by atoms with E-state index in [1.54, 1.807) is 18.2 Å². The number of carbonyl (C=O) groups is 1. The van der Waals surface area contributed by atoms with Crippen LogP contribution in [0.5, 0.6) is 0 Å². The van der Waals surface area contributed by atoms with Crippen LogP contribution in [0.3, 0.4) is 0 Å². The molecular weight excluding hydrogens is 401 g/mol. The number of urea groups is 1. The van der Waals surface area contributed by atoms with Crippen molar-refractivity contribution in [3.8, 4) is 0 Å². The van der Waals surface area contributed by atoms with Crippen LogP contribution in [-0.4, -0.2) is 49.2 Å². The van der Waals surface area contributed by atoms with Crippen LogP contribution in [0.15, 0.2) is 24.3 Å². The first kappa shape index (κ1) is 20.4. The molecule has 1 aliphatic rings. The lowest BCUT2D eigenvalue weighted by atomic mass is 10.1. The highest BCUT2D eigenvalue weighted by molar-refractivity contribution is 6.42.